The molecule has 0 aromatic heterocycles. The lowest BCUT2D eigenvalue weighted by atomic mass is 10.1. The van der Waals surface area contributed by atoms with Crippen molar-refractivity contribution in [1.82, 2.24) is 0 Å². The van der Waals surface area contributed by atoms with Gasteiger partial charge in [-0.1, -0.05) is 6.07 Å². The normalized spacial score (nSPS) is 8.00. The van der Waals surface area contributed by atoms with Crippen molar-refractivity contribution < 1.29 is 9.18 Å². The molecule has 0 saturated heterocycles. The average Bonchev–Trinajstić information content (AvgIpc) is 2.15. The predicted molar refractivity (Wildman–Crippen MR) is 44.3 cm³/mol. The van der Waals surface area contributed by atoms with Crippen LogP contribution < -0.4 is 0 Å². The molecule has 0 amide bonds. The summed E-state index contributed by atoms with van der Waals surface area (Å²) in [6, 6.07) is 5.67. The van der Waals surface area contributed by atoms with E-state index in [2.05, 4.69) is 11.8 Å². The van der Waals surface area contributed by atoms with E-state index in [9.17, 15) is 9.18 Å². The van der Waals surface area contributed by atoms with Crippen LogP contribution in [0.15, 0.2) is 18.2 Å². The van der Waals surface area contributed by atoms with Crippen LogP contribution in [0.3, 0.4) is 0 Å². The maximum atomic E-state index is 12.9. The van der Waals surface area contributed by atoms with Crippen LogP contribution >= 0.6 is 0 Å². The van der Waals surface area contributed by atoms with Crippen molar-refractivity contribution in [2.24, 2.45) is 0 Å². The molecular formula is C10H4FNO. The first kappa shape index (κ1) is 8.96. The SMILES string of the molecule is N#CC#Cc1cccc(F)c1C=O. The molecule has 0 atom stereocenters. The minimum absolute atomic E-state index is 0.106. The van der Waals surface area contributed by atoms with Crippen LogP contribution in [0.2, 0.25) is 0 Å². The smallest absolute Gasteiger partial charge is 0.154 e. The van der Waals surface area contributed by atoms with Crippen molar-refractivity contribution in [3.05, 3.63) is 35.1 Å². The largest absolute Gasteiger partial charge is 0.298 e. The third-order valence-electron chi connectivity index (χ3n) is 1.42. The Balaban J connectivity index is 3.30. The second-order valence-corrected chi connectivity index (χ2v) is 2.18. The minimum atomic E-state index is -0.625. The number of aldehydes is 1. The Hall–Kier alpha value is -2.13. The summed E-state index contributed by atoms with van der Waals surface area (Å²) in [5.41, 5.74) is 0.127. The first-order chi connectivity index (χ1) is 6.29. The van der Waals surface area contributed by atoms with Gasteiger partial charge in [0.2, 0.25) is 0 Å². The number of nitrogens with zero attached hydrogens (tertiary/aromatic N) is 1. The molecule has 0 fully saturated rings. The van der Waals surface area contributed by atoms with E-state index in [4.69, 9.17) is 5.26 Å². The van der Waals surface area contributed by atoms with E-state index in [0.29, 0.717) is 6.29 Å². The van der Waals surface area contributed by atoms with E-state index in [1.165, 1.54) is 18.2 Å². The van der Waals surface area contributed by atoms with Crippen molar-refractivity contribution in [2.75, 3.05) is 0 Å². The summed E-state index contributed by atoms with van der Waals surface area (Å²) in [5, 5.41) is 8.15. The van der Waals surface area contributed by atoms with Crippen LogP contribution in [-0.2, 0) is 0 Å². The van der Waals surface area contributed by atoms with Gasteiger partial charge < -0.3 is 0 Å². The van der Waals surface area contributed by atoms with Crippen molar-refractivity contribution in [3.8, 4) is 17.9 Å². The monoisotopic (exact) mass is 173 g/mol. The molecule has 1 rings (SSSR count). The highest BCUT2D eigenvalue weighted by Crippen LogP contribution is 2.09. The maximum Gasteiger partial charge on any atom is 0.154 e. The Morgan fingerprint density at radius 2 is 2.23 bits per heavy atom. The van der Waals surface area contributed by atoms with Gasteiger partial charge in [0.15, 0.2) is 12.4 Å². The van der Waals surface area contributed by atoms with E-state index in [-0.39, 0.29) is 11.1 Å². The van der Waals surface area contributed by atoms with Crippen LogP contribution in [0, 0.1) is 29.0 Å². The second-order valence-electron chi connectivity index (χ2n) is 2.18. The zero-order chi connectivity index (χ0) is 9.68. The first-order valence-corrected chi connectivity index (χ1v) is 3.43. The lowest BCUT2D eigenvalue weighted by Gasteiger charge is -1.95. The number of hydrogen-bond acceptors (Lipinski definition) is 2. The molecule has 0 aliphatic carbocycles. The fourth-order valence-corrected chi connectivity index (χ4v) is 0.861. The standard InChI is InChI=1S/C10H4FNO/c11-10-5-1-3-8(4-2-6-12)9(10)7-13/h1,3,5,7H. The van der Waals surface area contributed by atoms with E-state index in [1.54, 1.807) is 6.07 Å². The average molecular weight is 173 g/mol. The van der Waals surface area contributed by atoms with E-state index >= 15 is 0 Å². The Labute approximate surface area is 74.6 Å². The van der Waals surface area contributed by atoms with E-state index in [1.807, 2.05) is 0 Å². The molecule has 0 aliphatic rings. The van der Waals surface area contributed by atoms with Crippen molar-refractivity contribution in [3.63, 3.8) is 0 Å². The Kier molecular flexibility index (Phi) is 2.78. The highest BCUT2D eigenvalue weighted by Gasteiger charge is 2.03. The summed E-state index contributed by atoms with van der Waals surface area (Å²) >= 11 is 0. The fraction of sp³-hybridized carbons (Fsp3) is 0. The summed E-state index contributed by atoms with van der Waals surface area (Å²) in [7, 11) is 0. The zero-order valence-corrected chi connectivity index (χ0v) is 6.54. The molecule has 1 aromatic rings. The van der Waals surface area contributed by atoms with Gasteiger partial charge in [-0.2, -0.15) is 5.26 Å². The fourth-order valence-electron chi connectivity index (χ4n) is 0.861. The van der Waals surface area contributed by atoms with Crippen LogP contribution in [-0.4, -0.2) is 6.29 Å². The molecule has 0 unspecified atom stereocenters. The molecule has 0 spiro atoms. The first-order valence-electron chi connectivity index (χ1n) is 3.43. The molecule has 0 saturated carbocycles. The van der Waals surface area contributed by atoms with Gasteiger partial charge in [-0.15, -0.1) is 0 Å². The highest BCUT2D eigenvalue weighted by molar-refractivity contribution is 5.79. The van der Waals surface area contributed by atoms with Crippen molar-refractivity contribution >= 4 is 6.29 Å². The topological polar surface area (TPSA) is 40.9 Å². The number of halogens is 1. The molecule has 1 aromatic carbocycles. The van der Waals surface area contributed by atoms with Crippen LogP contribution in [0.4, 0.5) is 4.39 Å². The van der Waals surface area contributed by atoms with Gasteiger partial charge >= 0.3 is 0 Å². The quantitative estimate of drug-likeness (QED) is 0.477. The van der Waals surface area contributed by atoms with Crippen LogP contribution in [0.5, 0.6) is 0 Å². The minimum Gasteiger partial charge on any atom is -0.298 e. The summed E-state index contributed by atoms with van der Waals surface area (Å²) in [5.74, 6) is 3.84. The number of hydrogen-bond donors (Lipinski definition) is 0. The Morgan fingerprint density at radius 1 is 1.46 bits per heavy atom. The Morgan fingerprint density at radius 3 is 2.85 bits per heavy atom. The molecule has 13 heavy (non-hydrogen) atoms. The Bertz CT molecular complexity index is 434. The van der Waals surface area contributed by atoms with Gasteiger partial charge in [-0.3, -0.25) is 4.79 Å². The molecule has 0 bridgehead atoms. The summed E-state index contributed by atoms with van der Waals surface area (Å²) in [4.78, 5) is 10.4. The molecule has 3 heteroatoms. The van der Waals surface area contributed by atoms with Crippen molar-refractivity contribution in [1.29, 1.82) is 5.26 Å². The zero-order valence-electron chi connectivity index (χ0n) is 6.54. The molecule has 2 nitrogen and oxygen atoms in total. The molecule has 0 heterocycles. The van der Waals surface area contributed by atoms with Gasteiger partial charge in [0.25, 0.3) is 0 Å². The molecule has 0 aliphatic heterocycles. The third-order valence-corrected chi connectivity index (χ3v) is 1.42. The van der Waals surface area contributed by atoms with Crippen LogP contribution in [0.25, 0.3) is 0 Å². The van der Waals surface area contributed by atoms with E-state index in [0.717, 1.165) is 0 Å². The molecule has 0 N–H and O–H groups in total. The second kappa shape index (κ2) is 4.04. The van der Waals surface area contributed by atoms with Gasteiger partial charge in [-0.25, -0.2) is 4.39 Å². The molecule has 0 radical (unpaired) electrons. The number of nitriles is 1. The van der Waals surface area contributed by atoms with Gasteiger partial charge in [-0.05, 0) is 18.1 Å². The van der Waals surface area contributed by atoms with Gasteiger partial charge in [0, 0.05) is 11.5 Å². The maximum absolute atomic E-state index is 12.9. The summed E-state index contributed by atoms with van der Waals surface area (Å²) in [6.07, 6.45) is 0.386. The lowest BCUT2D eigenvalue weighted by molar-refractivity contribution is 0.111. The number of rotatable bonds is 1. The summed E-state index contributed by atoms with van der Waals surface area (Å²) in [6.45, 7) is 0. The number of carbonyl (C=O) groups excluding carboxylic acids is 1. The summed E-state index contributed by atoms with van der Waals surface area (Å²) < 4.78 is 12.9. The van der Waals surface area contributed by atoms with Gasteiger partial charge in [0.1, 0.15) is 5.82 Å². The highest BCUT2D eigenvalue weighted by atomic mass is 19.1. The van der Waals surface area contributed by atoms with E-state index < -0.39 is 5.82 Å². The van der Waals surface area contributed by atoms with Crippen LogP contribution in [0.1, 0.15) is 15.9 Å². The van der Waals surface area contributed by atoms with Gasteiger partial charge in [0.05, 0.1) is 5.56 Å². The number of carbonyl (C=O) groups is 1. The molecular weight excluding hydrogens is 169 g/mol. The predicted octanol–water partition coefficient (Wildman–Crippen LogP) is 1.51. The third kappa shape index (κ3) is 1.91. The lowest BCUT2D eigenvalue weighted by Crippen LogP contribution is -1.91. The molecule has 62 valence electrons. The van der Waals surface area contributed by atoms with Crippen molar-refractivity contribution in [2.45, 2.75) is 0 Å². The number of benzene rings is 1.